The van der Waals surface area contributed by atoms with Crippen LogP contribution in [0.2, 0.25) is 0 Å². The fourth-order valence-corrected chi connectivity index (χ4v) is 4.76. The highest BCUT2D eigenvalue weighted by atomic mass is 32.2. The number of aromatic amines is 1. The van der Waals surface area contributed by atoms with E-state index >= 15 is 0 Å². The van der Waals surface area contributed by atoms with Crippen molar-refractivity contribution in [3.8, 4) is 5.88 Å². The number of carbonyl (C=O) groups is 2. The third-order valence-electron chi connectivity index (χ3n) is 5.44. The molecule has 4 rings (SSSR count). The number of benzene rings is 2. The molecular weight excluding hydrogens is 446 g/mol. The summed E-state index contributed by atoms with van der Waals surface area (Å²) in [7, 11) is -1.23. The Balaban J connectivity index is 1.84. The summed E-state index contributed by atoms with van der Waals surface area (Å²) in [5.41, 5.74) is 2.17. The average Bonchev–Trinajstić information content (AvgIpc) is 3.11. The standard InChI is InChI=1S/C22H23N5O5S/c1-26-12-19(28)24-10-14-5-3-8-18-21(14)17(22(30)25-18)11-23-15-6-4-7-16(9-15)33(31,32)27(2)13-20(26)29/h3-9,11,25,30H,10,12-13H2,1-2H3,(H,24,28). The van der Waals surface area contributed by atoms with Crippen LogP contribution in [0.25, 0.3) is 10.9 Å². The van der Waals surface area contributed by atoms with E-state index in [2.05, 4.69) is 15.3 Å². The van der Waals surface area contributed by atoms with E-state index < -0.39 is 28.4 Å². The number of likely N-dealkylation sites (N-methyl/N-ethyl adjacent to an activating group) is 2. The molecule has 0 fully saturated rings. The van der Waals surface area contributed by atoms with Crippen LogP contribution in [0.4, 0.5) is 5.69 Å². The quantitative estimate of drug-likeness (QED) is 0.457. The van der Waals surface area contributed by atoms with Gasteiger partial charge in [-0.15, -0.1) is 0 Å². The Morgan fingerprint density at radius 3 is 2.61 bits per heavy atom. The van der Waals surface area contributed by atoms with Gasteiger partial charge in [-0.1, -0.05) is 18.2 Å². The highest BCUT2D eigenvalue weighted by Crippen LogP contribution is 2.30. The molecule has 2 aromatic carbocycles. The molecule has 3 aromatic rings. The van der Waals surface area contributed by atoms with Gasteiger partial charge in [-0.05, 0) is 29.8 Å². The summed E-state index contributed by atoms with van der Waals surface area (Å²) in [6.07, 6.45) is 1.45. The summed E-state index contributed by atoms with van der Waals surface area (Å²) in [5, 5.41) is 13.9. The van der Waals surface area contributed by atoms with Gasteiger partial charge in [0.2, 0.25) is 21.8 Å². The van der Waals surface area contributed by atoms with Crippen LogP contribution < -0.4 is 5.32 Å². The van der Waals surface area contributed by atoms with Crippen LogP contribution in [0.5, 0.6) is 5.88 Å². The number of nitrogens with one attached hydrogen (secondary N) is 2. The molecule has 0 radical (unpaired) electrons. The minimum absolute atomic E-state index is 0.0269. The third kappa shape index (κ3) is 4.45. The highest BCUT2D eigenvalue weighted by molar-refractivity contribution is 7.89. The van der Waals surface area contributed by atoms with Crippen molar-refractivity contribution in [3.05, 3.63) is 53.6 Å². The SMILES string of the molecule is CN1CC(=O)NCc2cccc3[nH]c(O)c(c23)C=Nc2cccc(c2)S(=O)(=O)N(C)CC1=O. The van der Waals surface area contributed by atoms with E-state index in [4.69, 9.17) is 0 Å². The topological polar surface area (TPSA) is 135 Å². The van der Waals surface area contributed by atoms with Crippen LogP contribution in [-0.2, 0) is 26.2 Å². The Labute approximate surface area is 190 Å². The van der Waals surface area contributed by atoms with Crippen LogP contribution in [0, 0.1) is 0 Å². The van der Waals surface area contributed by atoms with Crippen molar-refractivity contribution in [1.29, 1.82) is 0 Å². The van der Waals surface area contributed by atoms with Crippen LogP contribution >= 0.6 is 0 Å². The van der Waals surface area contributed by atoms with Crippen LogP contribution in [0.3, 0.4) is 0 Å². The molecule has 10 nitrogen and oxygen atoms in total. The number of amides is 2. The molecule has 0 unspecified atom stereocenters. The number of aliphatic imine (C=N–C) groups is 1. The van der Waals surface area contributed by atoms with Crippen molar-refractivity contribution in [2.24, 2.45) is 4.99 Å². The Kier molecular flexibility index (Phi) is 5.91. The smallest absolute Gasteiger partial charge is 0.243 e. The van der Waals surface area contributed by atoms with Crippen molar-refractivity contribution < 1.29 is 23.1 Å². The number of carbonyl (C=O) groups excluding carboxylic acids is 2. The molecule has 0 saturated heterocycles. The van der Waals surface area contributed by atoms with E-state index in [9.17, 15) is 23.1 Å². The summed E-state index contributed by atoms with van der Waals surface area (Å²) >= 11 is 0. The molecule has 3 N–H and O–H groups in total. The molecule has 1 aromatic heterocycles. The minimum Gasteiger partial charge on any atom is -0.494 e. The first-order valence-corrected chi connectivity index (χ1v) is 11.5. The number of aromatic nitrogens is 1. The van der Waals surface area contributed by atoms with Crippen LogP contribution in [0.1, 0.15) is 11.1 Å². The molecule has 1 aliphatic heterocycles. The second-order valence-corrected chi connectivity index (χ2v) is 9.82. The molecule has 11 heteroatoms. The summed E-state index contributed by atoms with van der Waals surface area (Å²) in [6.45, 7) is -0.483. The number of rotatable bonds is 0. The van der Waals surface area contributed by atoms with Gasteiger partial charge in [0.05, 0.1) is 29.2 Å². The normalized spacial score (nSPS) is 17.7. The summed E-state index contributed by atoms with van der Waals surface area (Å²) in [5.74, 6) is -1.02. The first-order valence-electron chi connectivity index (χ1n) is 10.1. The molecule has 2 bridgehead atoms. The molecule has 1 aliphatic rings. The maximum atomic E-state index is 13.0. The lowest BCUT2D eigenvalue weighted by Gasteiger charge is -2.21. The zero-order valence-electron chi connectivity index (χ0n) is 18.1. The maximum Gasteiger partial charge on any atom is 0.243 e. The van der Waals surface area contributed by atoms with Gasteiger partial charge in [-0.3, -0.25) is 14.6 Å². The molecule has 0 saturated carbocycles. The first-order chi connectivity index (χ1) is 15.7. The lowest BCUT2D eigenvalue weighted by atomic mass is 10.1. The molecule has 0 spiro atoms. The van der Waals surface area contributed by atoms with Gasteiger partial charge < -0.3 is 20.3 Å². The fraction of sp³-hybridized carbons (Fsp3) is 0.227. The Morgan fingerprint density at radius 1 is 1.06 bits per heavy atom. The lowest BCUT2D eigenvalue weighted by molar-refractivity contribution is -0.134. The number of hydrogen-bond donors (Lipinski definition) is 3. The van der Waals surface area contributed by atoms with Gasteiger partial charge in [0.1, 0.15) is 0 Å². The number of nitrogens with zero attached hydrogens (tertiary/aromatic N) is 3. The lowest BCUT2D eigenvalue weighted by Crippen LogP contribution is -2.43. The molecule has 2 amide bonds. The fourth-order valence-electron chi connectivity index (χ4n) is 3.60. The van der Waals surface area contributed by atoms with Crippen molar-refractivity contribution >= 4 is 44.6 Å². The van der Waals surface area contributed by atoms with E-state index in [1.807, 2.05) is 6.07 Å². The molecule has 0 atom stereocenters. The number of sulfonamides is 1. The first kappa shape index (κ1) is 22.5. The van der Waals surface area contributed by atoms with Gasteiger partial charge in [0, 0.05) is 37.8 Å². The minimum atomic E-state index is -3.97. The molecular formula is C22H23N5O5S. The second kappa shape index (κ2) is 8.68. The summed E-state index contributed by atoms with van der Waals surface area (Å²) in [6, 6.07) is 11.4. The van der Waals surface area contributed by atoms with Crippen molar-refractivity contribution in [2.45, 2.75) is 11.4 Å². The van der Waals surface area contributed by atoms with Gasteiger partial charge >= 0.3 is 0 Å². The number of aromatic hydroxyl groups is 1. The predicted molar refractivity (Wildman–Crippen MR) is 123 cm³/mol. The van der Waals surface area contributed by atoms with E-state index in [1.54, 1.807) is 24.3 Å². The Hall–Kier alpha value is -3.70. The monoisotopic (exact) mass is 469 g/mol. The van der Waals surface area contributed by atoms with Gasteiger partial charge in [0.15, 0.2) is 5.88 Å². The van der Waals surface area contributed by atoms with Gasteiger partial charge in [0.25, 0.3) is 0 Å². The Morgan fingerprint density at radius 2 is 1.82 bits per heavy atom. The second-order valence-electron chi connectivity index (χ2n) is 7.77. The zero-order chi connectivity index (χ0) is 23.8. The number of fused-ring (bicyclic) bond motifs is 2. The Bertz CT molecular complexity index is 1380. The molecule has 172 valence electrons. The average molecular weight is 470 g/mol. The van der Waals surface area contributed by atoms with E-state index in [0.717, 1.165) is 9.87 Å². The van der Waals surface area contributed by atoms with Crippen molar-refractivity contribution in [3.63, 3.8) is 0 Å². The van der Waals surface area contributed by atoms with Crippen molar-refractivity contribution in [2.75, 3.05) is 27.2 Å². The highest BCUT2D eigenvalue weighted by Gasteiger charge is 2.25. The van der Waals surface area contributed by atoms with Crippen molar-refractivity contribution in [1.82, 2.24) is 19.5 Å². The number of hydrogen-bond acceptors (Lipinski definition) is 6. The van der Waals surface area contributed by atoms with E-state index in [1.165, 1.54) is 37.3 Å². The molecule has 0 aliphatic carbocycles. The summed E-state index contributed by atoms with van der Waals surface area (Å²) in [4.78, 5) is 33.4. The molecule has 2 heterocycles. The third-order valence-corrected chi connectivity index (χ3v) is 7.24. The number of H-pyrrole nitrogens is 1. The van der Waals surface area contributed by atoms with Gasteiger partial charge in [-0.25, -0.2) is 8.42 Å². The maximum absolute atomic E-state index is 13.0. The van der Waals surface area contributed by atoms with Gasteiger partial charge in [-0.2, -0.15) is 4.31 Å². The van der Waals surface area contributed by atoms with Crippen LogP contribution in [-0.4, -0.2) is 72.9 Å². The van der Waals surface area contributed by atoms with E-state index in [-0.39, 0.29) is 23.9 Å². The largest absolute Gasteiger partial charge is 0.494 e. The summed E-state index contributed by atoms with van der Waals surface area (Å²) < 4.78 is 26.9. The molecule has 33 heavy (non-hydrogen) atoms. The zero-order valence-corrected chi connectivity index (χ0v) is 18.9. The van der Waals surface area contributed by atoms with E-state index in [0.29, 0.717) is 22.2 Å². The van der Waals surface area contributed by atoms with Crippen LogP contribution in [0.15, 0.2) is 52.4 Å². The predicted octanol–water partition coefficient (Wildman–Crippen LogP) is 1.33.